The van der Waals surface area contributed by atoms with Gasteiger partial charge < -0.3 is 0 Å². The van der Waals surface area contributed by atoms with Crippen molar-refractivity contribution in [3.05, 3.63) is 23.2 Å². The molecule has 0 atom stereocenters. The van der Waals surface area contributed by atoms with Crippen molar-refractivity contribution in [1.29, 1.82) is 0 Å². The van der Waals surface area contributed by atoms with Crippen LogP contribution in [0.3, 0.4) is 0 Å². The molecule has 0 unspecified atom stereocenters. The lowest BCUT2D eigenvalue weighted by Gasteiger charge is -1.58. The molecule has 0 N–H and O–H groups in total. The fourth-order valence-corrected chi connectivity index (χ4v) is 0.399. The summed E-state index contributed by atoms with van der Waals surface area (Å²) in [6.07, 6.45) is 4.49. The summed E-state index contributed by atoms with van der Waals surface area (Å²) >= 11 is 4.64. The molecule has 0 radical (unpaired) electrons. The lowest BCUT2D eigenvalue weighted by Crippen LogP contribution is -1.66. The van der Waals surface area contributed by atoms with Crippen molar-refractivity contribution in [2.24, 2.45) is 0 Å². The van der Waals surface area contributed by atoms with Gasteiger partial charge in [0.2, 0.25) is 0 Å². The van der Waals surface area contributed by atoms with Crippen LogP contribution in [0.15, 0.2) is 18.6 Å². The molecule has 0 fully saturated rings. The molecule has 0 amide bonds. The Morgan fingerprint density at radius 2 is 2.25 bits per heavy atom. The third-order valence-corrected chi connectivity index (χ3v) is 0.748. The topological polar surface area (TPSA) is 38.7 Å². The van der Waals surface area contributed by atoms with Gasteiger partial charge in [-0.15, -0.1) is 5.10 Å². The zero-order valence-electron chi connectivity index (χ0n) is 3.98. The van der Waals surface area contributed by atoms with E-state index in [2.05, 4.69) is 27.4 Å². The van der Waals surface area contributed by atoms with Crippen molar-refractivity contribution in [2.45, 2.75) is 0 Å². The van der Waals surface area contributed by atoms with E-state index in [1.165, 1.54) is 18.6 Å². The van der Waals surface area contributed by atoms with Gasteiger partial charge in [0.25, 0.3) is 0 Å². The molecule has 40 valence electrons. The molecule has 0 aromatic carbocycles. The van der Waals surface area contributed by atoms with Crippen molar-refractivity contribution in [3.63, 3.8) is 0 Å². The molecule has 1 rings (SSSR count). The average molecular weight is 125 g/mol. The second kappa shape index (κ2) is 2.42. The fourth-order valence-electron chi connectivity index (χ4n) is 0.291. The van der Waals surface area contributed by atoms with E-state index in [1.807, 2.05) is 0 Å². The smallest absolute Gasteiger partial charge is 0.166 e. The lowest BCUT2D eigenvalue weighted by molar-refractivity contribution is 1.04. The summed E-state index contributed by atoms with van der Waals surface area (Å²) in [4.78, 5) is 3.72. The monoisotopic (exact) mass is 125 g/mol. The predicted octanol–water partition coefficient (Wildman–Crippen LogP) is 0.601. The van der Waals surface area contributed by atoms with Crippen LogP contribution in [-0.4, -0.2) is 15.2 Å². The van der Waals surface area contributed by atoms with Crippen LogP contribution in [0.2, 0.25) is 0 Å². The quantitative estimate of drug-likeness (QED) is 0.476. The van der Waals surface area contributed by atoms with E-state index in [0.717, 1.165) is 0 Å². The highest BCUT2D eigenvalue weighted by molar-refractivity contribution is 7.71. The average Bonchev–Trinajstić information content (AvgIpc) is 1.94. The second-order valence-corrected chi connectivity index (χ2v) is 1.55. The first-order valence-corrected chi connectivity index (χ1v) is 2.43. The second-order valence-electron chi connectivity index (χ2n) is 1.13. The van der Waals surface area contributed by atoms with Gasteiger partial charge in [0, 0.05) is 6.20 Å². The molecule has 0 aliphatic heterocycles. The minimum absolute atomic E-state index is 0.412. The van der Waals surface area contributed by atoms with Crippen molar-refractivity contribution in [1.82, 2.24) is 15.2 Å². The van der Waals surface area contributed by atoms with Gasteiger partial charge in [0.15, 0.2) is 4.64 Å². The highest BCUT2D eigenvalue weighted by atomic mass is 32.1. The molecular formula is C4H3N3S. The Bertz CT molecular complexity index is 202. The molecule has 3 nitrogen and oxygen atoms in total. The molecule has 0 aliphatic carbocycles. The predicted molar refractivity (Wildman–Crippen MR) is 30.7 cm³/mol. The third kappa shape index (κ3) is 1.31. The van der Waals surface area contributed by atoms with Gasteiger partial charge in [-0.25, -0.2) is 0 Å². The van der Waals surface area contributed by atoms with Crippen LogP contribution >= 0.6 is 12.2 Å². The first-order valence-electron chi connectivity index (χ1n) is 2.02. The van der Waals surface area contributed by atoms with E-state index in [-0.39, 0.29) is 0 Å². The summed E-state index contributed by atoms with van der Waals surface area (Å²) in [7, 11) is 0. The third-order valence-electron chi connectivity index (χ3n) is 0.561. The molecule has 0 spiro atoms. The van der Waals surface area contributed by atoms with Gasteiger partial charge >= 0.3 is 0 Å². The minimum Gasteiger partial charge on any atom is -0.260 e. The van der Waals surface area contributed by atoms with Gasteiger partial charge in [-0.2, -0.15) is 5.10 Å². The summed E-state index contributed by atoms with van der Waals surface area (Å²) in [5.74, 6) is 0. The normalized spacial score (nSPS) is 8.50. The summed E-state index contributed by atoms with van der Waals surface area (Å²) in [5.41, 5.74) is 0. The van der Waals surface area contributed by atoms with Crippen LogP contribution in [0.5, 0.6) is 0 Å². The van der Waals surface area contributed by atoms with Crippen LogP contribution < -0.4 is 0 Å². The maximum absolute atomic E-state index is 4.64. The maximum Gasteiger partial charge on any atom is 0.166 e. The van der Waals surface area contributed by atoms with Crippen molar-refractivity contribution in [3.8, 4) is 0 Å². The van der Waals surface area contributed by atoms with E-state index in [9.17, 15) is 0 Å². The Labute approximate surface area is 51.4 Å². The summed E-state index contributed by atoms with van der Waals surface area (Å²) in [6.45, 7) is 0. The Morgan fingerprint density at radius 1 is 1.38 bits per heavy atom. The highest BCUT2D eigenvalue weighted by Crippen LogP contribution is 1.71. The van der Waals surface area contributed by atoms with Crippen molar-refractivity contribution >= 4 is 12.2 Å². The summed E-state index contributed by atoms with van der Waals surface area (Å²) < 4.78 is 0.412. The summed E-state index contributed by atoms with van der Waals surface area (Å²) in [6, 6.07) is 0. The zero-order chi connectivity index (χ0) is 5.82. The number of aromatic nitrogens is 3. The standard InChI is InChI=1S/C4H3N3S/c8-4-3-5-1-2-6-7-4/h1-3H. The van der Waals surface area contributed by atoms with E-state index in [1.54, 1.807) is 0 Å². The van der Waals surface area contributed by atoms with Crippen molar-refractivity contribution < 1.29 is 0 Å². The van der Waals surface area contributed by atoms with Gasteiger partial charge in [-0.3, -0.25) is 4.98 Å². The molecule has 1 heterocycles. The Kier molecular flexibility index (Phi) is 1.58. The van der Waals surface area contributed by atoms with Gasteiger partial charge in [0.1, 0.15) is 0 Å². The Hall–Kier alpha value is -0.900. The molecule has 0 aliphatic rings. The van der Waals surface area contributed by atoms with Crippen LogP contribution in [0, 0.1) is 4.64 Å². The molecule has 1 aromatic heterocycles. The van der Waals surface area contributed by atoms with E-state index in [4.69, 9.17) is 0 Å². The molecule has 8 heavy (non-hydrogen) atoms. The molecule has 0 saturated heterocycles. The van der Waals surface area contributed by atoms with Gasteiger partial charge in [0.05, 0.1) is 12.4 Å². The first kappa shape index (κ1) is 5.24. The maximum atomic E-state index is 4.64. The van der Waals surface area contributed by atoms with Gasteiger partial charge in [-0.1, -0.05) is 12.2 Å². The molecule has 4 heteroatoms. The summed E-state index contributed by atoms with van der Waals surface area (Å²) in [5, 5.41) is 7.07. The SMILES string of the molecule is S=c1cnccnn1. The van der Waals surface area contributed by atoms with Gasteiger partial charge in [-0.05, 0) is 0 Å². The fraction of sp³-hybridized carbons (Fsp3) is 0. The number of hydrogen-bond donors (Lipinski definition) is 0. The van der Waals surface area contributed by atoms with E-state index in [0.29, 0.717) is 4.64 Å². The van der Waals surface area contributed by atoms with Crippen LogP contribution in [0.25, 0.3) is 0 Å². The van der Waals surface area contributed by atoms with Crippen LogP contribution in [0.4, 0.5) is 0 Å². The molecule has 0 bridgehead atoms. The van der Waals surface area contributed by atoms with Crippen LogP contribution in [0.1, 0.15) is 0 Å². The zero-order valence-corrected chi connectivity index (χ0v) is 4.80. The molecular weight excluding hydrogens is 122 g/mol. The van der Waals surface area contributed by atoms with Crippen molar-refractivity contribution in [2.75, 3.05) is 0 Å². The molecule has 1 aromatic rings. The lowest BCUT2D eigenvalue weighted by atomic mass is 10.9. The largest absolute Gasteiger partial charge is 0.260 e. The Morgan fingerprint density at radius 3 is 3.12 bits per heavy atom. The minimum atomic E-state index is 0.412. The van der Waals surface area contributed by atoms with E-state index < -0.39 is 0 Å². The molecule has 0 saturated carbocycles. The highest BCUT2D eigenvalue weighted by Gasteiger charge is 1.69. The first-order chi connectivity index (χ1) is 3.89. The Balaban J connectivity index is 3.32. The van der Waals surface area contributed by atoms with Crippen LogP contribution in [-0.2, 0) is 0 Å². The number of rotatable bonds is 0. The number of nitrogens with zero attached hydrogens (tertiary/aromatic N) is 3. The van der Waals surface area contributed by atoms with E-state index >= 15 is 0 Å². The number of hydrogen-bond acceptors (Lipinski definition) is 4.